The Balaban J connectivity index is 2.25. The van der Waals surface area contributed by atoms with Crippen molar-refractivity contribution < 1.29 is 0 Å². The van der Waals surface area contributed by atoms with Crippen LogP contribution in [0.15, 0.2) is 30.3 Å². The van der Waals surface area contributed by atoms with Crippen LogP contribution >= 0.6 is 11.8 Å². The quantitative estimate of drug-likeness (QED) is 0.723. The third-order valence-corrected chi connectivity index (χ3v) is 3.46. The van der Waals surface area contributed by atoms with Crippen molar-refractivity contribution in [1.29, 1.82) is 0 Å². The molecule has 14 heavy (non-hydrogen) atoms. The molecule has 0 amide bonds. The van der Waals surface area contributed by atoms with E-state index in [0.29, 0.717) is 5.92 Å². The third-order valence-electron chi connectivity index (χ3n) is 2.23. The minimum Gasteiger partial charge on any atom is -0.319 e. The van der Waals surface area contributed by atoms with E-state index in [1.165, 1.54) is 17.1 Å². The molecule has 1 unspecified atom stereocenters. The first-order valence-electron chi connectivity index (χ1n) is 5.12. The van der Waals surface area contributed by atoms with E-state index in [1.807, 2.05) is 18.8 Å². The monoisotopic (exact) mass is 209 g/mol. The van der Waals surface area contributed by atoms with Gasteiger partial charge >= 0.3 is 0 Å². The fourth-order valence-electron chi connectivity index (χ4n) is 1.31. The molecule has 78 valence electrons. The maximum absolute atomic E-state index is 3.16. The highest BCUT2D eigenvalue weighted by Gasteiger charge is 2.03. The molecule has 0 fully saturated rings. The molecule has 0 radical (unpaired) electrons. The topological polar surface area (TPSA) is 12.0 Å². The molecule has 0 spiro atoms. The summed E-state index contributed by atoms with van der Waals surface area (Å²) < 4.78 is 0. The van der Waals surface area contributed by atoms with E-state index in [0.717, 1.165) is 6.54 Å². The second kappa shape index (κ2) is 6.91. The van der Waals surface area contributed by atoms with Crippen molar-refractivity contribution in [1.82, 2.24) is 5.32 Å². The van der Waals surface area contributed by atoms with Crippen molar-refractivity contribution in [3.63, 3.8) is 0 Å². The van der Waals surface area contributed by atoms with Crippen molar-refractivity contribution in [2.45, 2.75) is 12.8 Å². The van der Waals surface area contributed by atoms with E-state index in [1.54, 1.807) is 0 Å². The molecular weight excluding hydrogens is 190 g/mol. The lowest BCUT2D eigenvalue weighted by molar-refractivity contribution is 0.858. The lowest BCUT2D eigenvalue weighted by Crippen LogP contribution is -2.10. The van der Waals surface area contributed by atoms with E-state index >= 15 is 0 Å². The summed E-state index contributed by atoms with van der Waals surface area (Å²) in [6.45, 7) is 3.40. The largest absolute Gasteiger partial charge is 0.319 e. The van der Waals surface area contributed by atoms with Gasteiger partial charge in [-0.05, 0) is 24.3 Å². The molecule has 0 aliphatic carbocycles. The zero-order valence-electron chi connectivity index (χ0n) is 8.99. The predicted octanol–water partition coefficient (Wildman–Crippen LogP) is 2.74. The van der Waals surface area contributed by atoms with Crippen LogP contribution in [0.1, 0.15) is 18.4 Å². The van der Waals surface area contributed by atoms with Crippen LogP contribution in [0.25, 0.3) is 0 Å². The van der Waals surface area contributed by atoms with Crippen LogP contribution in [0.4, 0.5) is 0 Å². The van der Waals surface area contributed by atoms with Crippen molar-refractivity contribution in [3.8, 4) is 0 Å². The van der Waals surface area contributed by atoms with Crippen molar-refractivity contribution in [2.24, 2.45) is 0 Å². The number of thioether (sulfide) groups is 1. The standard InChI is InChI=1S/C12H19NS/c1-11(10-14-9-8-13-2)12-6-4-3-5-7-12/h3-7,11,13H,8-10H2,1-2H3. The summed E-state index contributed by atoms with van der Waals surface area (Å²) in [6, 6.07) is 10.7. The van der Waals surface area contributed by atoms with E-state index in [-0.39, 0.29) is 0 Å². The van der Waals surface area contributed by atoms with Crippen LogP contribution in [0.5, 0.6) is 0 Å². The highest BCUT2D eigenvalue weighted by Crippen LogP contribution is 2.19. The lowest BCUT2D eigenvalue weighted by Gasteiger charge is -2.10. The summed E-state index contributed by atoms with van der Waals surface area (Å²) in [5.74, 6) is 3.08. The van der Waals surface area contributed by atoms with Crippen LogP contribution < -0.4 is 5.32 Å². The van der Waals surface area contributed by atoms with E-state index in [2.05, 4.69) is 42.6 Å². The molecule has 0 heterocycles. The smallest absolute Gasteiger partial charge is 0.00582 e. The maximum atomic E-state index is 3.16. The van der Waals surface area contributed by atoms with Gasteiger partial charge in [-0.3, -0.25) is 0 Å². The maximum Gasteiger partial charge on any atom is 0.00582 e. The Labute approximate surface area is 91.3 Å². The summed E-state index contributed by atoms with van der Waals surface area (Å²) in [4.78, 5) is 0. The molecule has 1 atom stereocenters. The molecule has 1 aromatic carbocycles. The van der Waals surface area contributed by atoms with Crippen LogP contribution in [0.2, 0.25) is 0 Å². The van der Waals surface area contributed by atoms with E-state index in [4.69, 9.17) is 0 Å². The average Bonchev–Trinajstić information content (AvgIpc) is 2.25. The minimum absolute atomic E-state index is 0.665. The summed E-state index contributed by atoms with van der Waals surface area (Å²) in [6.07, 6.45) is 0. The highest BCUT2D eigenvalue weighted by molar-refractivity contribution is 7.99. The molecule has 0 bridgehead atoms. The normalized spacial score (nSPS) is 12.7. The van der Waals surface area contributed by atoms with Crippen molar-refractivity contribution >= 4 is 11.8 Å². The molecule has 1 rings (SSSR count). The Kier molecular flexibility index (Phi) is 5.72. The Morgan fingerprint density at radius 1 is 1.29 bits per heavy atom. The Hall–Kier alpha value is -0.470. The molecule has 0 saturated carbocycles. The zero-order valence-corrected chi connectivity index (χ0v) is 9.81. The van der Waals surface area contributed by atoms with Gasteiger partial charge in [0, 0.05) is 12.3 Å². The molecular formula is C12H19NS. The summed E-state index contributed by atoms with van der Waals surface area (Å²) >= 11 is 2.02. The van der Waals surface area contributed by atoms with Gasteiger partial charge in [0.15, 0.2) is 0 Å². The minimum atomic E-state index is 0.665. The van der Waals surface area contributed by atoms with Crippen LogP contribution in [0.3, 0.4) is 0 Å². The van der Waals surface area contributed by atoms with Gasteiger partial charge in [0.1, 0.15) is 0 Å². The SMILES string of the molecule is CNCCSCC(C)c1ccccc1. The Morgan fingerprint density at radius 3 is 2.64 bits per heavy atom. The Bertz CT molecular complexity index is 235. The second-order valence-electron chi connectivity index (χ2n) is 3.49. The van der Waals surface area contributed by atoms with Crippen LogP contribution in [0, 0.1) is 0 Å². The molecule has 2 heteroatoms. The van der Waals surface area contributed by atoms with E-state index in [9.17, 15) is 0 Å². The van der Waals surface area contributed by atoms with Crippen LogP contribution in [-0.2, 0) is 0 Å². The van der Waals surface area contributed by atoms with Gasteiger partial charge in [-0.25, -0.2) is 0 Å². The molecule has 0 aromatic heterocycles. The molecule has 1 nitrogen and oxygen atoms in total. The molecule has 0 saturated heterocycles. The summed E-state index contributed by atoms with van der Waals surface area (Å²) in [5.41, 5.74) is 1.45. The molecule has 0 aliphatic heterocycles. The van der Waals surface area contributed by atoms with Gasteiger partial charge in [0.25, 0.3) is 0 Å². The lowest BCUT2D eigenvalue weighted by atomic mass is 10.0. The van der Waals surface area contributed by atoms with Gasteiger partial charge in [-0.1, -0.05) is 37.3 Å². The fraction of sp³-hybridized carbons (Fsp3) is 0.500. The fourth-order valence-corrected chi connectivity index (χ4v) is 2.37. The third kappa shape index (κ3) is 4.16. The van der Waals surface area contributed by atoms with Gasteiger partial charge < -0.3 is 5.32 Å². The molecule has 0 aliphatic rings. The van der Waals surface area contributed by atoms with Gasteiger partial charge in [-0.15, -0.1) is 0 Å². The predicted molar refractivity (Wildman–Crippen MR) is 66.1 cm³/mol. The van der Waals surface area contributed by atoms with Crippen LogP contribution in [-0.4, -0.2) is 25.1 Å². The van der Waals surface area contributed by atoms with Crippen molar-refractivity contribution in [3.05, 3.63) is 35.9 Å². The van der Waals surface area contributed by atoms with E-state index < -0.39 is 0 Å². The number of nitrogens with one attached hydrogen (secondary N) is 1. The van der Waals surface area contributed by atoms with Crippen molar-refractivity contribution in [2.75, 3.05) is 25.1 Å². The van der Waals surface area contributed by atoms with Gasteiger partial charge in [0.05, 0.1) is 0 Å². The highest BCUT2D eigenvalue weighted by atomic mass is 32.2. The number of hydrogen-bond donors (Lipinski definition) is 1. The van der Waals surface area contributed by atoms with Gasteiger partial charge in [-0.2, -0.15) is 11.8 Å². The number of rotatable bonds is 6. The van der Waals surface area contributed by atoms with Gasteiger partial charge in [0.2, 0.25) is 0 Å². The first-order chi connectivity index (χ1) is 6.84. The zero-order chi connectivity index (χ0) is 10.2. The Morgan fingerprint density at radius 2 is 2.00 bits per heavy atom. The summed E-state index contributed by atoms with van der Waals surface area (Å²) in [5, 5.41) is 3.16. The average molecular weight is 209 g/mol. The first-order valence-corrected chi connectivity index (χ1v) is 6.27. The molecule has 1 N–H and O–H groups in total. The first kappa shape index (κ1) is 11.6. The molecule has 1 aromatic rings. The summed E-state index contributed by atoms with van der Waals surface area (Å²) in [7, 11) is 2.00. The number of benzene rings is 1. The second-order valence-corrected chi connectivity index (χ2v) is 4.64. The number of hydrogen-bond acceptors (Lipinski definition) is 2.